The number of rotatable bonds is 4. The summed E-state index contributed by atoms with van der Waals surface area (Å²) in [6.07, 6.45) is 3.20. The Bertz CT molecular complexity index is 559. The highest BCUT2D eigenvalue weighted by atomic mass is 16.3. The molecule has 0 bridgehead atoms. The van der Waals surface area contributed by atoms with Crippen LogP contribution in [0.25, 0.3) is 0 Å². The van der Waals surface area contributed by atoms with Crippen molar-refractivity contribution in [1.82, 2.24) is 15.5 Å². The molecule has 5 atom stereocenters. The number of amides is 1. The second-order valence-corrected chi connectivity index (χ2v) is 5.70. The minimum absolute atomic E-state index is 0.143. The standard InChI is InChI=1S/C14H21N5O3/c1-2-19-6-7(5-16-8-3-4-9(20)11(8)21)10-12(19)17-14(15)18-13(10)22/h3-4,6,8-12,16,20-21H,2,5H2,1H3,(H3,15,17,18,22). The van der Waals surface area contributed by atoms with E-state index in [0.717, 1.165) is 12.1 Å². The van der Waals surface area contributed by atoms with Gasteiger partial charge in [0, 0.05) is 19.3 Å². The van der Waals surface area contributed by atoms with Gasteiger partial charge in [0.2, 0.25) is 5.91 Å². The highest BCUT2D eigenvalue weighted by Gasteiger charge is 2.42. The number of carbonyl (C=O) groups is 1. The number of nitrogens with zero attached hydrogens (tertiary/aromatic N) is 2. The van der Waals surface area contributed by atoms with E-state index in [2.05, 4.69) is 15.6 Å². The van der Waals surface area contributed by atoms with E-state index in [1.165, 1.54) is 0 Å². The number of guanidine groups is 1. The summed E-state index contributed by atoms with van der Waals surface area (Å²) < 4.78 is 0. The first kappa shape index (κ1) is 15.0. The largest absolute Gasteiger partial charge is 0.388 e. The van der Waals surface area contributed by atoms with Crippen molar-refractivity contribution in [2.24, 2.45) is 16.6 Å². The zero-order chi connectivity index (χ0) is 15.9. The summed E-state index contributed by atoms with van der Waals surface area (Å²) in [6.45, 7) is 3.14. The molecule has 2 aliphatic heterocycles. The van der Waals surface area contributed by atoms with Crippen LogP contribution in [0.15, 0.2) is 28.9 Å². The number of aliphatic hydroxyl groups excluding tert-OH is 2. The smallest absolute Gasteiger partial charge is 0.238 e. The van der Waals surface area contributed by atoms with Crippen molar-refractivity contribution in [3.05, 3.63) is 23.9 Å². The lowest BCUT2D eigenvalue weighted by Gasteiger charge is -2.29. The maximum Gasteiger partial charge on any atom is 0.238 e. The quantitative estimate of drug-likeness (QED) is 0.377. The van der Waals surface area contributed by atoms with Crippen LogP contribution in [0.3, 0.4) is 0 Å². The van der Waals surface area contributed by atoms with Crippen molar-refractivity contribution < 1.29 is 15.0 Å². The van der Waals surface area contributed by atoms with Crippen molar-refractivity contribution in [1.29, 1.82) is 0 Å². The van der Waals surface area contributed by atoms with Crippen molar-refractivity contribution in [3.8, 4) is 0 Å². The fourth-order valence-electron chi connectivity index (χ4n) is 3.12. The van der Waals surface area contributed by atoms with Crippen molar-refractivity contribution in [2.75, 3.05) is 13.1 Å². The Balaban J connectivity index is 1.71. The monoisotopic (exact) mass is 307 g/mol. The summed E-state index contributed by atoms with van der Waals surface area (Å²) in [5.74, 6) is -0.402. The van der Waals surface area contributed by atoms with E-state index in [9.17, 15) is 15.0 Å². The molecule has 0 aromatic heterocycles. The molecule has 0 radical (unpaired) electrons. The Morgan fingerprint density at radius 1 is 1.45 bits per heavy atom. The predicted molar refractivity (Wildman–Crippen MR) is 80.5 cm³/mol. The zero-order valence-electron chi connectivity index (χ0n) is 12.3. The first-order valence-electron chi connectivity index (χ1n) is 7.39. The van der Waals surface area contributed by atoms with Gasteiger partial charge in [-0.3, -0.25) is 10.1 Å². The molecule has 1 amide bonds. The molecule has 0 aromatic rings. The lowest BCUT2D eigenvalue weighted by molar-refractivity contribution is -0.124. The van der Waals surface area contributed by atoms with Gasteiger partial charge in [0.15, 0.2) is 5.96 Å². The topological polar surface area (TPSA) is 123 Å². The molecular formula is C14H21N5O3. The second-order valence-electron chi connectivity index (χ2n) is 5.70. The molecule has 6 N–H and O–H groups in total. The highest BCUT2D eigenvalue weighted by molar-refractivity contribution is 6.01. The van der Waals surface area contributed by atoms with E-state index in [-0.39, 0.29) is 30.0 Å². The van der Waals surface area contributed by atoms with E-state index in [1.807, 2.05) is 18.0 Å². The number of aliphatic hydroxyl groups is 2. The molecule has 0 aromatic carbocycles. The molecule has 2 heterocycles. The van der Waals surface area contributed by atoms with Crippen LogP contribution in [-0.2, 0) is 4.79 Å². The van der Waals surface area contributed by atoms with E-state index in [4.69, 9.17) is 5.73 Å². The van der Waals surface area contributed by atoms with Gasteiger partial charge in [0.25, 0.3) is 0 Å². The second kappa shape index (κ2) is 5.71. The van der Waals surface area contributed by atoms with Crippen molar-refractivity contribution in [2.45, 2.75) is 31.3 Å². The Labute approximate surface area is 128 Å². The Hall–Kier alpha value is -1.90. The maximum absolute atomic E-state index is 12.2. The molecule has 3 rings (SSSR count). The lowest BCUT2D eigenvalue weighted by Crippen LogP contribution is -2.52. The zero-order valence-corrected chi connectivity index (χ0v) is 12.3. The van der Waals surface area contributed by atoms with Crippen LogP contribution < -0.4 is 16.4 Å². The number of carbonyl (C=O) groups excluding carboxylic acids is 1. The highest BCUT2D eigenvalue weighted by Crippen LogP contribution is 2.31. The molecule has 22 heavy (non-hydrogen) atoms. The predicted octanol–water partition coefficient (Wildman–Crippen LogP) is -2.16. The van der Waals surface area contributed by atoms with Crippen LogP contribution in [0.1, 0.15) is 6.92 Å². The van der Waals surface area contributed by atoms with Crippen LogP contribution in [0, 0.1) is 5.92 Å². The van der Waals surface area contributed by atoms with Crippen molar-refractivity contribution >= 4 is 11.9 Å². The summed E-state index contributed by atoms with van der Waals surface area (Å²) in [7, 11) is 0. The third-order valence-electron chi connectivity index (χ3n) is 4.31. The number of aliphatic imine (C=N–C) groups is 1. The molecule has 8 nitrogen and oxygen atoms in total. The fraction of sp³-hybridized carbons (Fsp3) is 0.571. The summed E-state index contributed by atoms with van der Waals surface area (Å²) in [6, 6.07) is -0.328. The Kier molecular flexibility index (Phi) is 3.90. The molecule has 0 saturated carbocycles. The summed E-state index contributed by atoms with van der Waals surface area (Å²) in [5, 5.41) is 25.1. The van der Waals surface area contributed by atoms with Gasteiger partial charge in [-0.25, -0.2) is 4.99 Å². The molecule has 8 heteroatoms. The van der Waals surface area contributed by atoms with Gasteiger partial charge >= 0.3 is 0 Å². The molecule has 0 saturated heterocycles. The Morgan fingerprint density at radius 2 is 2.23 bits per heavy atom. The van der Waals surface area contributed by atoms with Gasteiger partial charge in [-0.2, -0.15) is 0 Å². The fourth-order valence-corrected chi connectivity index (χ4v) is 3.12. The van der Waals surface area contributed by atoms with Gasteiger partial charge in [-0.1, -0.05) is 12.2 Å². The normalized spacial score (nSPS) is 37.0. The van der Waals surface area contributed by atoms with Gasteiger partial charge in [-0.15, -0.1) is 0 Å². The molecular weight excluding hydrogens is 286 g/mol. The van der Waals surface area contributed by atoms with Crippen molar-refractivity contribution in [3.63, 3.8) is 0 Å². The van der Waals surface area contributed by atoms with Crippen LogP contribution in [0.2, 0.25) is 0 Å². The average molecular weight is 307 g/mol. The molecule has 3 aliphatic rings. The minimum Gasteiger partial charge on any atom is -0.388 e. The first-order chi connectivity index (χ1) is 10.5. The minimum atomic E-state index is -0.867. The van der Waals surface area contributed by atoms with Gasteiger partial charge < -0.3 is 26.2 Å². The Morgan fingerprint density at radius 3 is 2.86 bits per heavy atom. The van der Waals surface area contributed by atoms with E-state index < -0.39 is 12.2 Å². The van der Waals surface area contributed by atoms with Crippen LogP contribution in [0.4, 0.5) is 0 Å². The molecule has 120 valence electrons. The molecule has 5 unspecified atom stereocenters. The number of nitrogens with two attached hydrogens (primary N) is 1. The van der Waals surface area contributed by atoms with Gasteiger partial charge in [-0.05, 0) is 12.5 Å². The lowest BCUT2D eigenvalue weighted by atomic mass is 9.97. The van der Waals surface area contributed by atoms with Crippen LogP contribution >= 0.6 is 0 Å². The SMILES string of the molecule is CCN1C=C(CNC2C=CC(O)C2O)C2C(=O)NC(N)=NC21. The molecule has 1 aliphatic carbocycles. The molecule has 0 spiro atoms. The summed E-state index contributed by atoms with van der Waals surface area (Å²) in [4.78, 5) is 18.5. The summed E-state index contributed by atoms with van der Waals surface area (Å²) >= 11 is 0. The molecule has 0 fully saturated rings. The van der Waals surface area contributed by atoms with E-state index in [0.29, 0.717) is 6.54 Å². The van der Waals surface area contributed by atoms with Crippen LogP contribution in [-0.4, -0.2) is 64.5 Å². The number of hydrogen-bond acceptors (Lipinski definition) is 7. The van der Waals surface area contributed by atoms with Gasteiger partial charge in [0.1, 0.15) is 18.2 Å². The number of hydrogen-bond donors (Lipinski definition) is 5. The first-order valence-corrected chi connectivity index (χ1v) is 7.39. The third kappa shape index (κ3) is 2.49. The van der Waals surface area contributed by atoms with E-state index >= 15 is 0 Å². The maximum atomic E-state index is 12.2. The van der Waals surface area contributed by atoms with Gasteiger partial charge in [0.05, 0.1) is 12.1 Å². The van der Waals surface area contributed by atoms with Crippen LogP contribution in [0.5, 0.6) is 0 Å². The average Bonchev–Trinajstić information content (AvgIpc) is 2.99. The number of nitrogens with one attached hydrogen (secondary N) is 2. The number of fused-ring (bicyclic) bond motifs is 1. The summed E-state index contributed by atoms with van der Waals surface area (Å²) in [5.41, 5.74) is 6.52. The third-order valence-corrected chi connectivity index (χ3v) is 4.31. The van der Waals surface area contributed by atoms with E-state index in [1.54, 1.807) is 12.2 Å².